The van der Waals surface area contributed by atoms with Gasteiger partial charge in [0.15, 0.2) is 17.0 Å². The predicted octanol–water partition coefficient (Wildman–Crippen LogP) is -0.454. The van der Waals surface area contributed by atoms with Crippen molar-refractivity contribution >= 4 is 11.6 Å². The molecule has 2 N–H and O–H groups in total. The van der Waals surface area contributed by atoms with Crippen LogP contribution in [0.15, 0.2) is 11.0 Å². The largest absolute Gasteiger partial charge is 0.493 e. The second-order valence-electron chi connectivity index (χ2n) is 3.89. The van der Waals surface area contributed by atoms with E-state index in [0.29, 0.717) is 0 Å². The summed E-state index contributed by atoms with van der Waals surface area (Å²) in [6.07, 6.45) is -0.834. The number of aromatic nitrogens is 2. The molecule has 0 amide bonds. The van der Waals surface area contributed by atoms with Crippen LogP contribution in [0.2, 0.25) is 5.02 Å². The van der Waals surface area contributed by atoms with E-state index in [9.17, 15) is 9.90 Å². The molecule has 3 atom stereocenters. The van der Waals surface area contributed by atoms with Crippen LogP contribution in [0.5, 0.6) is 5.75 Å². The smallest absolute Gasteiger partial charge is 0.291 e. The standard InChI is InChI=1S/C10H13ClN2O5/c1-17-6-3-12-13(10(16)9(6)11)8-2-5(15)7(4-14)18-8/h3,5,7-8,14-15H,2,4H2,1H3/t5-,7+,8+/m0/s1. The normalized spacial score (nSPS) is 27.4. The average molecular weight is 277 g/mol. The van der Waals surface area contributed by atoms with Crippen molar-refractivity contribution in [1.29, 1.82) is 0 Å². The molecule has 0 radical (unpaired) electrons. The lowest BCUT2D eigenvalue weighted by atomic mass is 10.2. The Morgan fingerprint density at radius 1 is 1.72 bits per heavy atom. The first-order valence-electron chi connectivity index (χ1n) is 5.34. The van der Waals surface area contributed by atoms with Crippen molar-refractivity contribution in [3.8, 4) is 5.75 Å². The zero-order valence-corrected chi connectivity index (χ0v) is 10.4. The van der Waals surface area contributed by atoms with Crippen LogP contribution in [0.25, 0.3) is 0 Å². The summed E-state index contributed by atoms with van der Waals surface area (Å²) in [5, 5.41) is 22.3. The fourth-order valence-corrected chi connectivity index (χ4v) is 2.02. The summed E-state index contributed by atoms with van der Waals surface area (Å²) in [5.41, 5.74) is -0.563. The summed E-state index contributed by atoms with van der Waals surface area (Å²) in [6.45, 7) is -0.323. The van der Waals surface area contributed by atoms with Crippen LogP contribution in [0.4, 0.5) is 0 Å². The molecule has 1 aromatic heterocycles. The Kier molecular flexibility index (Phi) is 3.86. The van der Waals surface area contributed by atoms with E-state index in [-0.39, 0.29) is 23.8 Å². The Labute approximate surface area is 108 Å². The third kappa shape index (κ3) is 2.22. The van der Waals surface area contributed by atoms with E-state index in [4.69, 9.17) is 26.2 Å². The summed E-state index contributed by atoms with van der Waals surface area (Å²) in [7, 11) is 1.38. The maximum Gasteiger partial charge on any atom is 0.291 e. The molecule has 1 aliphatic heterocycles. The Bertz CT molecular complexity index is 492. The highest BCUT2D eigenvalue weighted by Gasteiger charge is 2.35. The molecule has 100 valence electrons. The first-order chi connectivity index (χ1) is 8.58. The van der Waals surface area contributed by atoms with E-state index in [2.05, 4.69) is 5.10 Å². The van der Waals surface area contributed by atoms with Crippen LogP contribution in [-0.2, 0) is 4.74 Å². The maximum absolute atomic E-state index is 11.9. The van der Waals surface area contributed by atoms with Crippen molar-refractivity contribution in [2.45, 2.75) is 24.9 Å². The second kappa shape index (κ2) is 5.23. The fraction of sp³-hybridized carbons (Fsp3) is 0.600. The lowest BCUT2D eigenvalue weighted by Crippen LogP contribution is -2.28. The number of aliphatic hydroxyl groups is 2. The Hall–Kier alpha value is -1.15. The van der Waals surface area contributed by atoms with Crippen molar-refractivity contribution < 1.29 is 19.7 Å². The third-order valence-corrected chi connectivity index (χ3v) is 3.14. The van der Waals surface area contributed by atoms with Gasteiger partial charge in [-0.05, 0) is 0 Å². The van der Waals surface area contributed by atoms with Gasteiger partial charge in [-0.2, -0.15) is 9.78 Å². The van der Waals surface area contributed by atoms with Gasteiger partial charge in [-0.1, -0.05) is 11.6 Å². The minimum Gasteiger partial charge on any atom is -0.493 e. The number of hydrogen-bond acceptors (Lipinski definition) is 6. The summed E-state index contributed by atoms with van der Waals surface area (Å²) in [6, 6.07) is 0. The number of hydrogen-bond donors (Lipinski definition) is 2. The molecule has 7 nitrogen and oxygen atoms in total. The first kappa shape index (κ1) is 13.3. The van der Waals surface area contributed by atoms with Gasteiger partial charge in [-0.25, -0.2) is 0 Å². The lowest BCUT2D eigenvalue weighted by Gasteiger charge is -2.14. The van der Waals surface area contributed by atoms with Crippen LogP contribution < -0.4 is 10.3 Å². The molecule has 2 rings (SSSR count). The quantitative estimate of drug-likeness (QED) is 0.776. The Morgan fingerprint density at radius 3 is 3.00 bits per heavy atom. The SMILES string of the molecule is COc1cnn([C@H]2C[C@H](O)[C@@H](CO)O2)c(=O)c1Cl. The summed E-state index contributed by atoms with van der Waals surface area (Å²) in [4.78, 5) is 11.9. The maximum atomic E-state index is 11.9. The highest BCUT2D eigenvalue weighted by molar-refractivity contribution is 6.31. The van der Waals surface area contributed by atoms with Gasteiger partial charge in [0, 0.05) is 6.42 Å². The van der Waals surface area contributed by atoms with E-state index >= 15 is 0 Å². The molecule has 0 unspecified atom stereocenters. The highest BCUT2D eigenvalue weighted by Crippen LogP contribution is 2.28. The van der Waals surface area contributed by atoms with Crippen molar-refractivity contribution in [3.63, 3.8) is 0 Å². The molecule has 8 heteroatoms. The molecule has 0 bridgehead atoms. The fourth-order valence-electron chi connectivity index (χ4n) is 1.81. The number of rotatable bonds is 3. The highest BCUT2D eigenvalue weighted by atomic mass is 35.5. The van der Waals surface area contributed by atoms with Crippen LogP contribution in [0, 0.1) is 0 Å². The number of halogens is 1. The van der Waals surface area contributed by atoms with Gasteiger partial charge in [-0.15, -0.1) is 0 Å². The van der Waals surface area contributed by atoms with Crippen LogP contribution >= 0.6 is 11.6 Å². The van der Waals surface area contributed by atoms with Crippen molar-refractivity contribution in [1.82, 2.24) is 9.78 Å². The molecular formula is C10H13ClN2O5. The van der Waals surface area contributed by atoms with Gasteiger partial charge in [-0.3, -0.25) is 4.79 Å². The minimum atomic E-state index is -0.838. The number of ether oxygens (including phenoxy) is 2. The third-order valence-electron chi connectivity index (χ3n) is 2.79. The predicted molar refractivity (Wildman–Crippen MR) is 61.7 cm³/mol. The van der Waals surface area contributed by atoms with Gasteiger partial charge < -0.3 is 19.7 Å². The molecule has 0 aromatic carbocycles. The van der Waals surface area contributed by atoms with Gasteiger partial charge in [0.05, 0.1) is 26.0 Å². The summed E-state index contributed by atoms with van der Waals surface area (Å²) in [5.74, 6) is 0.176. The van der Waals surface area contributed by atoms with E-state index < -0.39 is 24.0 Å². The zero-order chi connectivity index (χ0) is 13.3. The molecule has 2 heterocycles. The number of aliphatic hydroxyl groups excluding tert-OH is 2. The van der Waals surface area contributed by atoms with E-state index in [1.54, 1.807) is 0 Å². The first-order valence-corrected chi connectivity index (χ1v) is 5.72. The van der Waals surface area contributed by atoms with E-state index in [1.165, 1.54) is 13.3 Å². The monoisotopic (exact) mass is 276 g/mol. The Balaban J connectivity index is 2.31. The molecule has 18 heavy (non-hydrogen) atoms. The van der Waals surface area contributed by atoms with Crippen LogP contribution in [0.3, 0.4) is 0 Å². The van der Waals surface area contributed by atoms with Gasteiger partial charge in [0.1, 0.15) is 6.10 Å². The van der Waals surface area contributed by atoms with E-state index in [1.807, 2.05) is 0 Å². The molecule has 1 saturated heterocycles. The topological polar surface area (TPSA) is 93.8 Å². The molecule has 0 spiro atoms. The lowest BCUT2D eigenvalue weighted by molar-refractivity contribution is -0.0501. The molecule has 0 saturated carbocycles. The summed E-state index contributed by atoms with van der Waals surface area (Å²) < 4.78 is 11.2. The molecular weight excluding hydrogens is 264 g/mol. The summed E-state index contributed by atoms with van der Waals surface area (Å²) >= 11 is 5.82. The molecule has 1 aliphatic rings. The van der Waals surface area contributed by atoms with Crippen molar-refractivity contribution in [2.75, 3.05) is 13.7 Å². The molecule has 0 aliphatic carbocycles. The van der Waals surface area contributed by atoms with Crippen molar-refractivity contribution in [3.05, 3.63) is 21.6 Å². The van der Waals surface area contributed by atoms with Gasteiger partial charge in [0.25, 0.3) is 5.56 Å². The number of methoxy groups -OCH3 is 1. The van der Waals surface area contributed by atoms with Crippen LogP contribution in [-0.4, -0.2) is 45.9 Å². The van der Waals surface area contributed by atoms with E-state index in [0.717, 1.165) is 4.68 Å². The average Bonchev–Trinajstić information content (AvgIpc) is 2.73. The zero-order valence-electron chi connectivity index (χ0n) is 9.62. The molecule has 1 aromatic rings. The van der Waals surface area contributed by atoms with Crippen molar-refractivity contribution in [2.24, 2.45) is 0 Å². The van der Waals surface area contributed by atoms with Gasteiger partial charge >= 0.3 is 0 Å². The second-order valence-corrected chi connectivity index (χ2v) is 4.27. The van der Waals surface area contributed by atoms with Crippen LogP contribution in [0.1, 0.15) is 12.6 Å². The minimum absolute atomic E-state index is 0.0990. The number of nitrogens with zero attached hydrogens (tertiary/aromatic N) is 2. The van der Waals surface area contributed by atoms with Gasteiger partial charge in [0.2, 0.25) is 0 Å². The molecule has 1 fully saturated rings. The Morgan fingerprint density at radius 2 is 2.44 bits per heavy atom.